The molecule has 4 N–H and O–H groups in total. The van der Waals surface area contributed by atoms with Gasteiger partial charge in [0.2, 0.25) is 0 Å². The zero-order valence-corrected chi connectivity index (χ0v) is 12.5. The van der Waals surface area contributed by atoms with Gasteiger partial charge in [-0.3, -0.25) is 0 Å². The predicted molar refractivity (Wildman–Crippen MR) is 82.1 cm³/mol. The highest BCUT2D eigenvalue weighted by Gasteiger charge is 2.25. The van der Waals surface area contributed by atoms with Crippen molar-refractivity contribution in [2.45, 2.75) is 33.1 Å². The molecule has 0 bridgehead atoms. The molecule has 0 unspecified atom stereocenters. The van der Waals surface area contributed by atoms with Crippen LogP contribution in [0.15, 0.2) is 24.3 Å². The quantitative estimate of drug-likeness (QED) is 0.843. The van der Waals surface area contributed by atoms with Gasteiger partial charge >= 0.3 is 0 Å². The van der Waals surface area contributed by atoms with E-state index in [4.69, 9.17) is 16.3 Å². The molecule has 1 aromatic heterocycles. The number of nitrogens with two attached hydrogens (primary N) is 2. The lowest BCUT2D eigenvalue weighted by Gasteiger charge is -2.17. The maximum absolute atomic E-state index is 6.12. The molecule has 5 nitrogen and oxygen atoms in total. The van der Waals surface area contributed by atoms with E-state index < -0.39 is 0 Å². The van der Waals surface area contributed by atoms with Crippen LogP contribution in [0.2, 0.25) is 0 Å². The summed E-state index contributed by atoms with van der Waals surface area (Å²) >= 11 is 0. The molecule has 1 aromatic carbocycles. The number of ether oxygens (including phenoxy) is 1. The van der Waals surface area contributed by atoms with Crippen LogP contribution in [0.3, 0.4) is 0 Å². The maximum Gasteiger partial charge on any atom is 0.151 e. The third kappa shape index (κ3) is 2.43. The Morgan fingerprint density at radius 3 is 2.45 bits per heavy atom. The lowest BCUT2D eigenvalue weighted by atomic mass is 9.96. The number of hydrogen-bond acceptors (Lipinski definition) is 4. The number of imidazole rings is 1. The van der Waals surface area contributed by atoms with Crippen LogP contribution in [0.4, 0.5) is 5.82 Å². The first-order valence-corrected chi connectivity index (χ1v) is 6.72. The van der Waals surface area contributed by atoms with E-state index in [2.05, 4.69) is 25.8 Å². The van der Waals surface area contributed by atoms with Crippen LogP contribution in [0, 0.1) is 0 Å². The fourth-order valence-electron chi connectivity index (χ4n) is 2.12. The third-order valence-corrected chi connectivity index (χ3v) is 3.06. The Labute approximate surface area is 119 Å². The molecule has 0 saturated carbocycles. The van der Waals surface area contributed by atoms with E-state index in [1.165, 1.54) is 4.68 Å². The monoisotopic (exact) mass is 274 g/mol. The van der Waals surface area contributed by atoms with Gasteiger partial charge in [0.05, 0.1) is 6.61 Å². The molecule has 0 aliphatic rings. The number of hydrogen-bond donors (Lipinski definition) is 2. The lowest BCUT2D eigenvalue weighted by Crippen LogP contribution is -2.24. The van der Waals surface area contributed by atoms with Crippen molar-refractivity contribution < 1.29 is 4.74 Å². The van der Waals surface area contributed by atoms with Gasteiger partial charge in [-0.2, -0.15) is 0 Å². The molecule has 1 heterocycles. The summed E-state index contributed by atoms with van der Waals surface area (Å²) in [6.07, 6.45) is 0. The Morgan fingerprint density at radius 1 is 1.25 bits per heavy atom. The van der Waals surface area contributed by atoms with E-state index in [0.29, 0.717) is 18.1 Å². The van der Waals surface area contributed by atoms with E-state index in [-0.39, 0.29) is 5.41 Å². The van der Waals surface area contributed by atoms with Crippen molar-refractivity contribution in [3.8, 4) is 17.0 Å². The van der Waals surface area contributed by atoms with E-state index in [1.807, 2.05) is 31.2 Å². The summed E-state index contributed by atoms with van der Waals surface area (Å²) in [7, 11) is 0. The molecular formula is C15H22N4O. The highest BCUT2D eigenvalue weighted by atomic mass is 16.5. The summed E-state index contributed by atoms with van der Waals surface area (Å²) in [5, 5.41) is 0. The second-order valence-electron chi connectivity index (χ2n) is 5.72. The minimum absolute atomic E-state index is 0.179. The van der Waals surface area contributed by atoms with Gasteiger partial charge in [-0.1, -0.05) is 32.9 Å². The average Bonchev–Trinajstić information content (AvgIpc) is 2.67. The summed E-state index contributed by atoms with van der Waals surface area (Å²) in [6.45, 7) is 8.69. The molecule has 0 amide bonds. The minimum Gasteiger partial charge on any atom is -0.493 e. The first-order chi connectivity index (χ1) is 9.36. The van der Waals surface area contributed by atoms with Gasteiger partial charge in [0.1, 0.15) is 17.3 Å². The van der Waals surface area contributed by atoms with Crippen molar-refractivity contribution in [2.75, 3.05) is 18.2 Å². The second-order valence-corrected chi connectivity index (χ2v) is 5.72. The summed E-state index contributed by atoms with van der Waals surface area (Å²) in [5.74, 6) is 8.00. The SMILES string of the molecule is CCOc1ccccc1-c1nc(C(C)(C)C)n(N)c1N. The van der Waals surface area contributed by atoms with Crippen molar-refractivity contribution in [3.63, 3.8) is 0 Å². The fraction of sp³-hybridized carbons (Fsp3) is 0.400. The summed E-state index contributed by atoms with van der Waals surface area (Å²) < 4.78 is 7.09. The van der Waals surface area contributed by atoms with Crippen LogP contribution in [0.1, 0.15) is 33.5 Å². The van der Waals surface area contributed by atoms with Gasteiger partial charge in [-0.05, 0) is 19.1 Å². The number of benzene rings is 1. The van der Waals surface area contributed by atoms with Gasteiger partial charge in [0.15, 0.2) is 5.82 Å². The standard InChI is InChI=1S/C15H22N4O/c1-5-20-11-9-7-6-8-10(11)12-13(16)19(17)14(18-12)15(2,3)4/h6-9H,5,16-17H2,1-4H3. The van der Waals surface area contributed by atoms with Gasteiger partial charge in [-0.15, -0.1) is 0 Å². The van der Waals surface area contributed by atoms with E-state index in [9.17, 15) is 0 Å². The Kier molecular flexibility index (Phi) is 3.61. The summed E-state index contributed by atoms with van der Waals surface area (Å²) in [6, 6.07) is 7.71. The van der Waals surface area contributed by atoms with Crippen LogP contribution in [-0.2, 0) is 5.41 Å². The molecule has 20 heavy (non-hydrogen) atoms. The Bertz CT molecular complexity index is 611. The molecule has 0 radical (unpaired) electrons. The van der Waals surface area contributed by atoms with Gasteiger partial charge in [0, 0.05) is 11.0 Å². The molecule has 0 aliphatic heterocycles. The van der Waals surface area contributed by atoms with Crippen molar-refractivity contribution in [1.29, 1.82) is 0 Å². The molecule has 108 valence electrons. The lowest BCUT2D eigenvalue weighted by molar-refractivity contribution is 0.341. The molecule has 0 atom stereocenters. The molecule has 0 saturated heterocycles. The normalized spacial score (nSPS) is 11.6. The van der Waals surface area contributed by atoms with Gasteiger partial charge in [0.25, 0.3) is 0 Å². The topological polar surface area (TPSA) is 79.1 Å². The van der Waals surface area contributed by atoms with E-state index in [0.717, 1.165) is 17.1 Å². The van der Waals surface area contributed by atoms with Crippen LogP contribution in [0.25, 0.3) is 11.3 Å². The molecule has 2 aromatic rings. The molecule has 0 fully saturated rings. The smallest absolute Gasteiger partial charge is 0.151 e. The summed E-state index contributed by atoms with van der Waals surface area (Å²) in [5.41, 5.74) is 7.47. The largest absolute Gasteiger partial charge is 0.493 e. The van der Waals surface area contributed by atoms with Crippen molar-refractivity contribution in [3.05, 3.63) is 30.1 Å². The zero-order chi connectivity index (χ0) is 14.9. The number of aromatic nitrogens is 2. The third-order valence-electron chi connectivity index (χ3n) is 3.06. The van der Waals surface area contributed by atoms with Crippen LogP contribution >= 0.6 is 0 Å². The number of nitrogens with zero attached hydrogens (tertiary/aromatic N) is 2. The van der Waals surface area contributed by atoms with Crippen LogP contribution in [-0.4, -0.2) is 16.3 Å². The Balaban J connectivity index is 2.60. The Hall–Kier alpha value is -2.17. The number of para-hydroxylation sites is 1. The number of nitrogen functional groups attached to an aromatic ring is 2. The Morgan fingerprint density at radius 2 is 1.90 bits per heavy atom. The van der Waals surface area contributed by atoms with Crippen LogP contribution < -0.4 is 16.3 Å². The van der Waals surface area contributed by atoms with Crippen LogP contribution in [0.5, 0.6) is 5.75 Å². The minimum atomic E-state index is -0.179. The van der Waals surface area contributed by atoms with Gasteiger partial charge < -0.3 is 16.3 Å². The number of rotatable bonds is 3. The average molecular weight is 274 g/mol. The highest BCUT2D eigenvalue weighted by Crippen LogP contribution is 2.35. The molecular weight excluding hydrogens is 252 g/mol. The molecule has 5 heteroatoms. The van der Waals surface area contributed by atoms with Crippen molar-refractivity contribution in [2.24, 2.45) is 0 Å². The second kappa shape index (κ2) is 5.07. The van der Waals surface area contributed by atoms with E-state index >= 15 is 0 Å². The van der Waals surface area contributed by atoms with Crippen molar-refractivity contribution in [1.82, 2.24) is 9.66 Å². The van der Waals surface area contributed by atoms with Gasteiger partial charge in [-0.25, -0.2) is 9.66 Å². The zero-order valence-electron chi connectivity index (χ0n) is 12.5. The number of anilines is 1. The predicted octanol–water partition coefficient (Wildman–Crippen LogP) is 2.54. The summed E-state index contributed by atoms with van der Waals surface area (Å²) in [4.78, 5) is 4.63. The molecule has 0 aliphatic carbocycles. The van der Waals surface area contributed by atoms with E-state index in [1.54, 1.807) is 0 Å². The molecule has 0 spiro atoms. The fourth-order valence-corrected chi connectivity index (χ4v) is 2.12. The first kappa shape index (κ1) is 14.2. The highest BCUT2D eigenvalue weighted by molar-refractivity contribution is 5.76. The van der Waals surface area contributed by atoms with Crippen molar-refractivity contribution >= 4 is 5.82 Å². The molecule has 2 rings (SSSR count). The maximum atomic E-state index is 6.12. The first-order valence-electron chi connectivity index (χ1n) is 6.72.